The molecular formula is C28H31FN2O3. The number of rotatable bonds is 9. The van der Waals surface area contributed by atoms with Crippen LogP contribution in [0.25, 0.3) is 0 Å². The van der Waals surface area contributed by atoms with E-state index in [-0.39, 0.29) is 30.8 Å². The Bertz CT molecular complexity index is 1060. The molecule has 0 aromatic heterocycles. The van der Waals surface area contributed by atoms with E-state index in [4.69, 9.17) is 4.74 Å². The molecule has 178 valence electrons. The van der Waals surface area contributed by atoms with Crippen molar-refractivity contribution in [3.8, 4) is 5.75 Å². The summed E-state index contributed by atoms with van der Waals surface area (Å²) in [5.41, 5.74) is 1.17. The summed E-state index contributed by atoms with van der Waals surface area (Å²) in [5, 5.41) is 3.01. The van der Waals surface area contributed by atoms with Gasteiger partial charge in [0.05, 0.1) is 0 Å². The Morgan fingerprint density at radius 3 is 2.06 bits per heavy atom. The first kappa shape index (κ1) is 25.0. The number of halogens is 1. The molecule has 5 nitrogen and oxygen atoms in total. The molecule has 3 rings (SSSR count). The van der Waals surface area contributed by atoms with Crippen LogP contribution in [0.2, 0.25) is 0 Å². The highest BCUT2D eigenvalue weighted by Crippen LogP contribution is 2.17. The molecule has 0 fully saturated rings. The fourth-order valence-electron chi connectivity index (χ4n) is 3.54. The molecule has 0 saturated heterocycles. The summed E-state index contributed by atoms with van der Waals surface area (Å²) in [4.78, 5) is 28.4. The van der Waals surface area contributed by atoms with Gasteiger partial charge in [0.25, 0.3) is 5.91 Å². The Morgan fingerprint density at radius 1 is 0.882 bits per heavy atom. The average Bonchev–Trinajstić information content (AvgIpc) is 2.81. The molecule has 34 heavy (non-hydrogen) atoms. The molecule has 0 unspecified atom stereocenters. The molecule has 0 aliphatic rings. The maximum Gasteiger partial charge on any atom is 0.261 e. The van der Waals surface area contributed by atoms with Gasteiger partial charge in [-0.2, -0.15) is 0 Å². The van der Waals surface area contributed by atoms with E-state index in [2.05, 4.69) is 5.32 Å². The fraction of sp³-hybridized carbons (Fsp3) is 0.286. The van der Waals surface area contributed by atoms with E-state index < -0.39 is 11.6 Å². The second-order valence-electron chi connectivity index (χ2n) is 9.19. The predicted octanol–water partition coefficient (Wildman–Crippen LogP) is 4.76. The van der Waals surface area contributed by atoms with Crippen LogP contribution in [0.5, 0.6) is 5.75 Å². The Kier molecular flexibility index (Phi) is 8.41. The first-order chi connectivity index (χ1) is 16.2. The van der Waals surface area contributed by atoms with Crippen LogP contribution in [0.1, 0.15) is 31.9 Å². The van der Waals surface area contributed by atoms with Crippen LogP contribution < -0.4 is 10.1 Å². The highest BCUT2D eigenvalue weighted by atomic mass is 19.1. The SMILES string of the molecule is CC(C)(C)NC(=O)[C@H](Cc1ccccc1)N(Cc1ccc(F)cc1)C(=O)COc1ccccc1. The molecule has 3 aromatic carbocycles. The van der Waals surface area contributed by atoms with Crippen molar-refractivity contribution >= 4 is 11.8 Å². The number of nitrogens with zero attached hydrogens (tertiary/aromatic N) is 1. The van der Waals surface area contributed by atoms with E-state index in [1.165, 1.54) is 17.0 Å². The van der Waals surface area contributed by atoms with Gasteiger partial charge in [0.2, 0.25) is 5.91 Å². The minimum atomic E-state index is -0.779. The van der Waals surface area contributed by atoms with Gasteiger partial charge in [-0.1, -0.05) is 60.7 Å². The van der Waals surface area contributed by atoms with E-state index in [1.54, 1.807) is 24.3 Å². The van der Waals surface area contributed by atoms with Crippen molar-refractivity contribution in [2.24, 2.45) is 0 Å². The lowest BCUT2D eigenvalue weighted by Crippen LogP contribution is -2.55. The number of amides is 2. The number of ether oxygens (including phenoxy) is 1. The zero-order chi connectivity index (χ0) is 24.6. The van der Waals surface area contributed by atoms with E-state index in [1.807, 2.05) is 69.3 Å². The van der Waals surface area contributed by atoms with Gasteiger partial charge in [0.15, 0.2) is 6.61 Å². The van der Waals surface area contributed by atoms with Crippen LogP contribution in [0.3, 0.4) is 0 Å². The van der Waals surface area contributed by atoms with Crippen molar-refractivity contribution in [2.75, 3.05) is 6.61 Å². The van der Waals surface area contributed by atoms with Crippen LogP contribution in [0.15, 0.2) is 84.9 Å². The maximum absolute atomic E-state index is 13.5. The minimum Gasteiger partial charge on any atom is -0.484 e. The fourth-order valence-corrected chi connectivity index (χ4v) is 3.54. The van der Waals surface area contributed by atoms with Gasteiger partial charge in [-0.3, -0.25) is 9.59 Å². The zero-order valence-electron chi connectivity index (χ0n) is 19.8. The number of hydrogen-bond donors (Lipinski definition) is 1. The molecule has 0 radical (unpaired) electrons. The number of carbonyl (C=O) groups excluding carboxylic acids is 2. The third kappa shape index (κ3) is 7.73. The normalized spacial score (nSPS) is 12.0. The van der Waals surface area contributed by atoms with E-state index in [0.29, 0.717) is 12.2 Å². The average molecular weight is 463 g/mol. The summed E-state index contributed by atoms with van der Waals surface area (Å²) in [6.07, 6.45) is 0.334. The molecule has 0 spiro atoms. The lowest BCUT2D eigenvalue weighted by atomic mass is 10.0. The number of nitrogens with one attached hydrogen (secondary N) is 1. The summed E-state index contributed by atoms with van der Waals surface area (Å²) in [5.74, 6) is -0.388. The van der Waals surface area contributed by atoms with Crippen molar-refractivity contribution in [2.45, 2.75) is 45.3 Å². The summed E-state index contributed by atoms with van der Waals surface area (Å²) < 4.78 is 19.2. The molecule has 1 N–H and O–H groups in total. The number of hydrogen-bond acceptors (Lipinski definition) is 3. The second-order valence-corrected chi connectivity index (χ2v) is 9.19. The standard InChI is InChI=1S/C28H31FN2O3/c1-28(2,3)30-27(33)25(18-21-10-6-4-7-11-21)31(19-22-14-16-23(29)17-15-22)26(32)20-34-24-12-8-5-9-13-24/h4-17,25H,18-20H2,1-3H3,(H,30,33)/t25-/m0/s1. The lowest BCUT2D eigenvalue weighted by molar-refractivity contribution is -0.143. The van der Waals surface area contributed by atoms with E-state index in [0.717, 1.165) is 11.1 Å². The first-order valence-electron chi connectivity index (χ1n) is 11.3. The van der Waals surface area contributed by atoms with Gasteiger partial charge in [-0.25, -0.2) is 4.39 Å². The van der Waals surface area contributed by atoms with Crippen molar-refractivity contribution in [1.29, 1.82) is 0 Å². The summed E-state index contributed by atoms with van der Waals surface area (Å²) >= 11 is 0. The molecule has 3 aromatic rings. The molecule has 0 saturated carbocycles. The summed E-state index contributed by atoms with van der Waals surface area (Å²) in [6.45, 7) is 5.62. The Labute approximate surface area is 200 Å². The third-order valence-electron chi connectivity index (χ3n) is 5.14. The first-order valence-corrected chi connectivity index (χ1v) is 11.3. The second kappa shape index (κ2) is 11.5. The summed E-state index contributed by atoms with van der Waals surface area (Å²) in [7, 11) is 0. The molecule has 0 heterocycles. The lowest BCUT2D eigenvalue weighted by Gasteiger charge is -2.33. The molecule has 6 heteroatoms. The molecule has 0 bridgehead atoms. The number of para-hydroxylation sites is 1. The van der Waals surface area contributed by atoms with Crippen molar-refractivity contribution in [1.82, 2.24) is 10.2 Å². The smallest absolute Gasteiger partial charge is 0.261 e. The highest BCUT2D eigenvalue weighted by Gasteiger charge is 2.32. The predicted molar refractivity (Wildman–Crippen MR) is 131 cm³/mol. The Hall–Kier alpha value is -3.67. The van der Waals surface area contributed by atoms with Crippen LogP contribution >= 0.6 is 0 Å². The molecular weight excluding hydrogens is 431 g/mol. The summed E-state index contributed by atoms with van der Waals surface area (Å²) in [6, 6.07) is 23.8. The molecule has 1 atom stereocenters. The highest BCUT2D eigenvalue weighted by molar-refractivity contribution is 5.89. The van der Waals surface area contributed by atoms with Crippen LogP contribution in [-0.2, 0) is 22.6 Å². The van der Waals surface area contributed by atoms with E-state index in [9.17, 15) is 14.0 Å². The minimum absolute atomic E-state index is 0.145. The van der Waals surface area contributed by atoms with Crippen molar-refractivity contribution in [3.63, 3.8) is 0 Å². The van der Waals surface area contributed by atoms with Gasteiger partial charge < -0.3 is 15.0 Å². The Morgan fingerprint density at radius 2 is 1.47 bits per heavy atom. The topological polar surface area (TPSA) is 58.6 Å². The number of carbonyl (C=O) groups is 2. The molecule has 2 amide bonds. The van der Waals surface area contributed by atoms with Gasteiger partial charge in [-0.15, -0.1) is 0 Å². The van der Waals surface area contributed by atoms with Gasteiger partial charge in [0, 0.05) is 18.5 Å². The van der Waals surface area contributed by atoms with Crippen molar-refractivity contribution in [3.05, 3.63) is 102 Å². The number of benzene rings is 3. The van der Waals surface area contributed by atoms with Crippen molar-refractivity contribution < 1.29 is 18.7 Å². The zero-order valence-corrected chi connectivity index (χ0v) is 19.8. The largest absolute Gasteiger partial charge is 0.484 e. The molecule has 0 aliphatic carbocycles. The van der Waals surface area contributed by atoms with Crippen LogP contribution in [-0.4, -0.2) is 34.9 Å². The Balaban J connectivity index is 1.91. The van der Waals surface area contributed by atoms with Gasteiger partial charge >= 0.3 is 0 Å². The van der Waals surface area contributed by atoms with E-state index >= 15 is 0 Å². The monoisotopic (exact) mass is 462 g/mol. The molecule has 0 aliphatic heterocycles. The van der Waals surface area contributed by atoms with Crippen LogP contribution in [0, 0.1) is 5.82 Å². The quantitative estimate of drug-likeness (QED) is 0.499. The van der Waals surface area contributed by atoms with Gasteiger partial charge in [0.1, 0.15) is 17.6 Å². The maximum atomic E-state index is 13.5. The van der Waals surface area contributed by atoms with Crippen LogP contribution in [0.4, 0.5) is 4.39 Å². The third-order valence-corrected chi connectivity index (χ3v) is 5.14. The van der Waals surface area contributed by atoms with Gasteiger partial charge in [-0.05, 0) is 56.2 Å².